The minimum Gasteiger partial charge on any atom is -0.354 e. The van der Waals surface area contributed by atoms with Crippen molar-refractivity contribution < 1.29 is 13.2 Å². The van der Waals surface area contributed by atoms with Crippen molar-refractivity contribution in [3.63, 3.8) is 0 Å². The number of nitrogens with zero attached hydrogens (tertiary/aromatic N) is 1. The average molecular weight is 404 g/mol. The molecule has 1 amide bonds. The number of piperidine rings is 1. The first kappa shape index (κ1) is 22.9. The SMILES string of the molecule is CCCCS(=O)(=O)N1CCC(C(=O)NCC(N)c2ccccc2)CC1.Cl. The predicted octanol–water partition coefficient (Wildman–Crippen LogP) is 2.07. The number of carbonyl (C=O) groups excluding carboxylic acids is 1. The van der Waals surface area contributed by atoms with Crippen molar-refractivity contribution in [3.8, 4) is 0 Å². The van der Waals surface area contributed by atoms with Crippen LogP contribution in [-0.4, -0.2) is 44.0 Å². The van der Waals surface area contributed by atoms with Crippen molar-refractivity contribution in [2.45, 2.75) is 38.6 Å². The Morgan fingerprint density at radius 2 is 1.88 bits per heavy atom. The molecule has 0 bridgehead atoms. The van der Waals surface area contributed by atoms with E-state index in [4.69, 9.17) is 5.73 Å². The molecule has 148 valence electrons. The third-order valence-electron chi connectivity index (χ3n) is 4.70. The van der Waals surface area contributed by atoms with Crippen LogP contribution in [-0.2, 0) is 14.8 Å². The molecule has 0 aliphatic carbocycles. The van der Waals surface area contributed by atoms with E-state index in [-0.39, 0.29) is 36.0 Å². The zero-order valence-electron chi connectivity index (χ0n) is 15.3. The molecule has 8 heteroatoms. The van der Waals surface area contributed by atoms with Gasteiger partial charge in [0.05, 0.1) is 5.75 Å². The molecule has 1 saturated heterocycles. The van der Waals surface area contributed by atoms with Gasteiger partial charge in [-0.2, -0.15) is 0 Å². The van der Waals surface area contributed by atoms with Crippen molar-refractivity contribution in [2.75, 3.05) is 25.4 Å². The van der Waals surface area contributed by atoms with Gasteiger partial charge in [-0.15, -0.1) is 12.4 Å². The number of sulfonamides is 1. The van der Waals surface area contributed by atoms with E-state index in [1.165, 1.54) is 4.31 Å². The molecule has 3 N–H and O–H groups in total. The number of hydrogen-bond donors (Lipinski definition) is 2. The molecule has 1 heterocycles. The molecule has 0 aromatic heterocycles. The summed E-state index contributed by atoms with van der Waals surface area (Å²) in [5.74, 6) is 0.0318. The molecule has 1 unspecified atom stereocenters. The number of hydrogen-bond acceptors (Lipinski definition) is 4. The summed E-state index contributed by atoms with van der Waals surface area (Å²) < 4.78 is 25.9. The fourth-order valence-electron chi connectivity index (χ4n) is 3.02. The number of unbranched alkanes of at least 4 members (excludes halogenated alkanes) is 1. The average Bonchev–Trinajstić information content (AvgIpc) is 2.65. The molecule has 26 heavy (non-hydrogen) atoms. The summed E-state index contributed by atoms with van der Waals surface area (Å²) >= 11 is 0. The minimum absolute atomic E-state index is 0. The van der Waals surface area contributed by atoms with Gasteiger partial charge in [-0.25, -0.2) is 12.7 Å². The monoisotopic (exact) mass is 403 g/mol. The molecule has 0 spiro atoms. The van der Waals surface area contributed by atoms with Gasteiger partial charge in [-0.1, -0.05) is 43.7 Å². The van der Waals surface area contributed by atoms with E-state index in [0.29, 0.717) is 38.9 Å². The summed E-state index contributed by atoms with van der Waals surface area (Å²) in [7, 11) is -3.17. The first-order valence-electron chi connectivity index (χ1n) is 9.00. The van der Waals surface area contributed by atoms with Crippen LogP contribution in [0, 0.1) is 5.92 Å². The van der Waals surface area contributed by atoms with E-state index >= 15 is 0 Å². The van der Waals surface area contributed by atoms with Crippen LogP contribution in [0.15, 0.2) is 30.3 Å². The molecular formula is C18H30ClN3O3S. The van der Waals surface area contributed by atoms with Gasteiger partial charge in [0.25, 0.3) is 0 Å². The molecule has 1 atom stereocenters. The van der Waals surface area contributed by atoms with Gasteiger partial charge in [-0.05, 0) is 24.8 Å². The standard InChI is InChI=1S/C18H29N3O3S.ClH/c1-2-3-13-25(23,24)21-11-9-16(10-12-21)18(22)20-14-17(19)15-7-5-4-6-8-15;/h4-8,16-17H,2-3,9-14,19H2,1H3,(H,20,22);1H. The number of nitrogens with one attached hydrogen (secondary N) is 1. The Morgan fingerprint density at radius 1 is 1.27 bits per heavy atom. The number of benzene rings is 1. The molecule has 1 aromatic carbocycles. The Hall–Kier alpha value is -1.15. The maximum atomic E-state index is 12.3. The Bertz CT molecular complexity index is 647. The van der Waals surface area contributed by atoms with Crippen LogP contribution >= 0.6 is 12.4 Å². The summed E-state index contributed by atoms with van der Waals surface area (Å²) in [6.45, 7) is 3.22. The molecule has 1 aliphatic heterocycles. The van der Waals surface area contributed by atoms with Crippen LogP contribution in [0.5, 0.6) is 0 Å². The first-order valence-corrected chi connectivity index (χ1v) is 10.6. The van der Waals surface area contributed by atoms with Crippen LogP contribution in [0.2, 0.25) is 0 Å². The van der Waals surface area contributed by atoms with E-state index in [9.17, 15) is 13.2 Å². The molecule has 1 aromatic rings. The number of nitrogens with two attached hydrogens (primary N) is 1. The molecule has 2 rings (SSSR count). The third kappa shape index (κ3) is 6.54. The van der Waals surface area contributed by atoms with E-state index in [1.54, 1.807) is 0 Å². The number of halogens is 1. The molecule has 0 radical (unpaired) electrons. The second-order valence-corrected chi connectivity index (χ2v) is 8.69. The van der Waals surface area contributed by atoms with Crippen molar-refractivity contribution in [1.82, 2.24) is 9.62 Å². The Kier molecular flexibility index (Phi) is 9.57. The van der Waals surface area contributed by atoms with Gasteiger partial charge in [0.15, 0.2) is 0 Å². The quantitative estimate of drug-likeness (QED) is 0.694. The fraction of sp³-hybridized carbons (Fsp3) is 0.611. The Labute approximate surface area is 163 Å². The van der Waals surface area contributed by atoms with Crippen LogP contribution in [0.25, 0.3) is 0 Å². The second kappa shape index (κ2) is 10.9. The highest BCUT2D eigenvalue weighted by Crippen LogP contribution is 2.21. The summed E-state index contributed by atoms with van der Waals surface area (Å²) in [5.41, 5.74) is 7.08. The van der Waals surface area contributed by atoms with E-state index in [2.05, 4.69) is 5.32 Å². The first-order chi connectivity index (χ1) is 11.9. The van der Waals surface area contributed by atoms with Crippen molar-refractivity contribution in [1.29, 1.82) is 0 Å². The van der Waals surface area contributed by atoms with Gasteiger partial charge in [-0.3, -0.25) is 4.79 Å². The van der Waals surface area contributed by atoms with Crippen LogP contribution in [0.4, 0.5) is 0 Å². The molecule has 1 aliphatic rings. The third-order valence-corrected chi connectivity index (χ3v) is 6.65. The van der Waals surface area contributed by atoms with E-state index in [1.807, 2.05) is 37.3 Å². The Morgan fingerprint density at radius 3 is 2.46 bits per heavy atom. The van der Waals surface area contributed by atoms with Crippen LogP contribution in [0.1, 0.15) is 44.2 Å². The lowest BCUT2D eigenvalue weighted by Gasteiger charge is -2.30. The second-order valence-electron chi connectivity index (χ2n) is 6.61. The number of amides is 1. The lowest BCUT2D eigenvalue weighted by Crippen LogP contribution is -2.44. The zero-order chi connectivity index (χ0) is 18.3. The summed E-state index contributed by atoms with van der Waals surface area (Å²) in [5, 5.41) is 2.91. The van der Waals surface area contributed by atoms with Crippen LogP contribution in [0.3, 0.4) is 0 Å². The number of rotatable bonds is 8. The maximum Gasteiger partial charge on any atom is 0.223 e. The highest BCUT2D eigenvalue weighted by molar-refractivity contribution is 7.89. The van der Waals surface area contributed by atoms with Crippen molar-refractivity contribution in [2.24, 2.45) is 11.7 Å². The normalized spacial score (nSPS) is 17.3. The lowest BCUT2D eigenvalue weighted by atomic mass is 9.97. The Balaban J connectivity index is 0.00000338. The molecule has 0 saturated carbocycles. The van der Waals surface area contributed by atoms with Gasteiger partial charge in [0, 0.05) is 31.6 Å². The highest BCUT2D eigenvalue weighted by atomic mass is 35.5. The van der Waals surface area contributed by atoms with Gasteiger partial charge in [0.2, 0.25) is 15.9 Å². The van der Waals surface area contributed by atoms with E-state index < -0.39 is 10.0 Å². The summed E-state index contributed by atoms with van der Waals surface area (Å²) in [6.07, 6.45) is 2.68. The lowest BCUT2D eigenvalue weighted by molar-refractivity contribution is -0.126. The fourth-order valence-corrected chi connectivity index (χ4v) is 4.70. The zero-order valence-corrected chi connectivity index (χ0v) is 16.9. The number of carbonyl (C=O) groups is 1. The minimum atomic E-state index is -3.17. The summed E-state index contributed by atoms with van der Waals surface area (Å²) in [6, 6.07) is 9.42. The van der Waals surface area contributed by atoms with Gasteiger partial charge >= 0.3 is 0 Å². The maximum absolute atomic E-state index is 12.3. The predicted molar refractivity (Wildman–Crippen MR) is 107 cm³/mol. The largest absolute Gasteiger partial charge is 0.354 e. The summed E-state index contributed by atoms with van der Waals surface area (Å²) in [4.78, 5) is 12.3. The van der Waals surface area contributed by atoms with E-state index in [0.717, 1.165) is 12.0 Å². The van der Waals surface area contributed by atoms with Crippen molar-refractivity contribution in [3.05, 3.63) is 35.9 Å². The highest BCUT2D eigenvalue weighted by Gasteiger charge is 2.30. The van der Waals surface area contributed by atoms with Crippen molar-refractivity contribution >= 4 is 28.3 Å². The van der Waals surface area contributed by atoms with Gasteiger partial charge < -0.3 is 11.1 Å². The molecular weight excluding hydrogens is 374 g/mol. The van der Waals surface area contributed by atoms with Crippen LogP contribution < -0.4 is 11.1 Å². The van der Waals surface area contributed by atoms with Gasteiger partial charge in [0.1, 0.15) is 0 Å². The molecule has 6 nitrogen and oxygen atoms in total. The smallest absolute Gasteiger partial charge is 0.223 e. The molecule has 1 fully saturated rings. The topological polar surface area (TPSA) is 92.5 Å².